The second-order valence-corrected chi connectivity index (χ2v) is 6.95. The molecule has 2 aromatic rings. The van der Waals surface area contributed by atoms with E-state index in [-0.39, 0.29) is 11.7 Å². The van der Waals surface area contributed by atoms with Crippen molar-refractivity contribution in [2.75, 3.05) is 0 Å². The van der Waals surface area contributed by atoms with Crippen LogP contribution in [0.2, 0.25) is 0 Å². The summed E-state index contributed by atoms with van der Waals surface area (Å²) >= 11 is 0. The lowest BCUT2D eigenvalue weighted by Crippen LogP contribution is -2.14. The van der Waals surface area contributed by atoms with E-state index < -0.39 is 11.9 Å². The van der Waals surface area contributed by atoms with Gasteiger partial charge in [0.2, 0.25) is 0 Å². The van der Waals surface area contributed by atoms with Gasteiger partial charge in [-0.05, 0) is 37.0 Å². The van der Waals surface area contributed by atoms with Crippen LogP contribution in [0.5, 0.6) is 0 Å². The number of aromatic nitrogens is 2. The number of rotatable bonds is 5. The summed E-state index contributed by atoms with van der Waals surface area (Å²) in [6, 6.07) is 8.38. The number of carbonyl (C=O) groups excluding carboxylic acids is 1. The molecule has 0 radical (unpaired) electrons. The van der Waals surface area contributed by atoms with Crippen molar-refractivity contribution in [3.05, 3.63) is 58.7 Å². The Bertz CT molecular complexity index is 779. The second-order valence-electron chi connectivity index (χ2n) is 6.95. The molecule has 3 rings (SSSR count). The summed E-state index contributed by atoms with van der Waals surface area (Å²) < 4.78 is 39.7. The van der Waals surface area contributed by atoms with Crippen molar-refractivity contribution in [1.29, 1.82) is 0 Å². The van der Waals surface area contributed by atoms with Crippen LogP contribution >= 0.6 is 0 Å². The maximum Gasteiger partial charge on any atom is 0.433 e. The third-order valence-electron chi connectivity index (χ3n) is 4.67. The number of halogens is 3. The van der Waals surface area contributed by atoms with Crippen molar-refractivity contribution in [3.63, 3.8) is 0 Å². The van der Waals surface area contributed by atoms with Gasteiger partial charge in [0.25, 0.3) is 0 Å². The molecule has 1 aromatic carbocycles. The molecular formula is C20H21F3N2O. The van der Waals surface area contributed by atoms with E-state index in [1.165, 1.54) is 6.92 Å². The van der Waals surface area contributed by atoms with E-state index >= 15 is 0 Å². The van der Waals surface area contributed by atoms with Crippen molar-refractivity contribution in [3.8, 4) is 0 Å². The highest BCUT2D eigenvalue weighted by molar-refractivity contribution is 5.78. The smallest absolute Gasteiger partial charge is 0.300 e. The Kier molecular flexibility index (Phi) is 5.39. The molecule has 1 saturated carbocycles. The molecule has 0 atom stereocenters. The van der Waals surface area contributed by atoms with Gasteiger partial charge in [-0.15, -0.1) is 0 Å². The Morgan fingerprint density at radius 1 is 1.08 bits per heavy atom. The molecule has 26 heavy (non-hydrogen) atoms. The number of nitrogens with zero attached hydrogens (tertiary/aromatic N) is 2. The Hall–Kier alpha value is -2.24. The van der Waals surface area contributed by atoms with Crippen molar-refractivity contribution < 1.29 is 18.0 Å². The SMILES string of the molecule is CC(=O)Cc1ccc(Cc2cc(C(F)(F)F)nc(C3CCCC3)n2)cc1. The number of hydrogen-bond acceptors (Lipinski definition) is 3. The lowest BCUT2D eigenvalue weighted by atomic mass is 10.0. The first kappa shape index (κ1) is 18.5. The summed E-state index contributed by atoms with van der Waals surface area (Å²) in [7, 11) is 0. The summed E-state index contributed by atoms with van der Waals surface area (Å²) in [5, 5.41) is 0. The normalized spacial score (nSPS) is 15.4. The number of ketones is 1. The van der Waals surface area contributed by atoms with Gasteiger partial charge >= 0.3 is 6.18 Å². The Labute approximate surface area is 150 Å². The number of benzene rings is 1. The van der Waals surface area contributed by atoms with Gasteiger partial charge in [-0.1, -0.05) is 37.1 Å². The molecule has 1 aliphatic carbocycles. The quantitative estimate of drug-likeness (QED) is 0.762. The molecule has 3 nitrogen and oxygen atoms in total. The monoisotopic (exact) mass is 362 g/mol. The first-order chi connectivity index (χ1) is 12.3. The zero-order chi connectivity index (χ0) is 18.7. The zero-order valence-electron chi connectivity index (χ0n) is 14.6. The third-order valence-corrected chi connectivity index (χ3v) is 4.67. The molecule has 0 aliphatic heterocycles. The van der Waals surface area contributed by atoms with Crippen molar-refractivity contribution in [2.45, 2.75) is 57.5 Å². The highest BCUT2D eigenvalue weighted by Gasteiger charge is 2.34. The molecule has 0 unspecified atom stereocenters. The van der Waals surface area contributed by atoms with Gasteiger partial charge in [-0.3, -0.25) is 4.79 Å². The van der Waals surface area contributed by atoms with Crippen molar-refractivity contribution >= 4 is 5.78 Å². The fourth-order valence-corrected chi connectivity index (χ4v) is 3.39. The summed E-state index contributed by atoms with van der Waals surface area (Å²) in [6.45, 7) is 1.53. The first-order valence-corrected chi connectivity index (χ1v) is 8.83. The lowest BCUT2D eigenvalue weighted by Gasteiger charge is -2.14. The number of Topliss-reactive ketones (excluding diaryl/α,β-unsaturated/α-hetero) is 1. The number of alkyl halides is 3. The predicted octanol–water partition coefficient (Wildman–Crippen LogP) is 4.88. The average molecular weight is 362 g/mol. The molecular weight excluding hydrogens is 341 g/mol. The Balaban J connectivity index is 1.86. The minimum atomic E-state index is -4.48. The van der Waals surface area contributed by atoms with Gasteiger partial charge < -0.3 is 0 Å². The molecule has 0 N–H and O–H groups in total. The molecule has 1 heterocycles. The van der Waals surface area contributed by atoms with E-state index in [4.69, 9.17) is 0 Å². The van der Waals surface area contributed by atoms with Gasteiger partial charge in [0.05, 0.1) is 0 Å². The molecule has 0 saturated heterocycles. The third kappa shape index (κ3) is 4.68. The van der Waals surface area contributed by atoms with Crippen LogP contribution in [0.1, 0.15) is 66.9 Å². The van der Waals surface area contributed by atoms with Gasteiger partial charge in [0.1, 0.15) is 17.3 Å². The van der Waals surface area contributed by atoms with E-state index in [9.17, 15) is 18.0 Å². The highest BCUT2D eigenvalue weighted by Crippen LogP contribution is 2.35. The van der Waals surface area contributed by atoms with Gasteiger partial charge in [-0.25, -0.2) is 9.97 Å². The van der Waals surface area contributed by atoms with Crippen molar-refractivity contribution in [2.24, 2.45) is 0 Å². The number of hydrogen-bond donors (Lipinski definition) is 0. The maximum atomic E-state index is 13.2. The van der Waals surface area contributed by atoms with E-state index in [0.717, 1.165) is 42.9 Å². The maximum absolute atomic E-state index is 13.2. The zero-order valence-corrected chi connectivity index (χ0v) is 14.6. The predicted molar refractivity (Wildman–Crippen MR) is 91.9 cm³/mol. The summed E-state index contributed by atoms with van der Waals surface area (Å²) in [4.78, 5) is 19.4. The van der Waals surface area contributed by atoms with Crippen LogP contribution in [0.15, 0.2) is 30.3 Å². The highest BCUT2D eigenvalue weighted by atomic mass is 19.4. The minimum absolute atomic E-state index is 0.0222. The van der Waals surface area contributed by atoms with Crippen LogP contribution in [0, 0.1) is 0 Å². The van der Waals surface area contributed by atoms with Gasteiger partial charge in [-0.2, -0.15) is 13.2 Å². The summed E-state index contributed by atoms with van der Waals surface area (Å²) in [5.74, 6) is 0.416. The average Bonchev–Trinajstić information content (AvgIpc) is 3.10. The van der Waals surface area contributed by atoms with Gasteiger partial charge in [0.15, 0.2) is 0 Å². The second kappa shape index (κ2) is 7.56. The van der Waals surface area contributed by atoms with Crippen LogP contribution in [-0.2, 0) is 23.8 Å². The Morgan fingerprint density at radius 2 is 1.69 bits per heavy atom. The van der Waals surface area contributed by atoms with E-state index in [2.05, 4.69) is 9.97 Å². The summed E-state index contributed by atoms with van der Waals surface area (Å²) in [6.07, 6.45) is -0.0880. The van der Waals surface area contributed by atoms with Crippen molar-refractivity contribution in [1.82, 2.24) is 9.97 Å². The fraction of sp³-hybridized carbons (Fsp3) is 0.450. The molecule has 1 aliphatic rings. The minimum Gasteiger partial charge on any atom is -0.300 e. The number of carbonyl (C=O) groups is 1. The van der Waals surface area contributed by atoms with Gasteiger partial charge in [0, 0.05) is 24.5 Å². The van der Waals surface area contributed by atoms with Crippen LogP contribution in [0.25, 0.3) is 0 Å². The molecule has 0 amide bonds. The Morgan fingerprint density at radius 3 is 2.27 bits per heavy atom. The molecule has 0 spiro atoms. The fourth-order valence-electron chi connectivity index (χ4n) is 3.39. The van der Waals surface area contributed by atoms with Crippen LogP contribution in [0.3, 0.4) is 0 Å². The first-order valence-electron chi connectivity index (χ1n) is 8.83. The molecule has 0 bridgehead atoms. The standard InChI is InChI=1S/C20H21F3N2O/c1-13(26)10-14-6-8-15(9-7-14)11-17-12-18(20(21,22)23)25-19(24-17)16-4-2-3-5-16/h6-9,12,16H,2-5,10-11H2,1H3. The van der Waals surface area contributed by atoms with Crippen LogP contribution < -0.4 is 0 Å². The van der Waals surface area contributed by atoms with E-state index in [1.54, 1.807) is 0 Å². The van der Waals surface area contributed by atoms with Crippen LogP contribution in [0.4, 0.5) is 13.2 Å². The molecule has 138 valence electrons. The molecule has 1 aromatic heterocycles. The van der Waals surface area contributed by atoms with E-state index in [0.29, 0.717) is 24.4 Å². The van der Waals surface area contributed by atoms with Crippen LogP contribution in [-0.4, -0.2) is 15.8 Å². The summed E-state index contributed by atoms with van der Waals surface area (Å²) in [5.41, 5.74) is 1.28. The molecule has 1 fully saturated rings. The topological polar surface area (TPSA) is 42.9 Å². The lowest BCUT2D eigenvalue weighted by molar-refractivity contribution is -0.141. The largest absolute Gasteiger partial charge is 0.433 e. The van der Waals surface area contributed by atoms with E-state index in [1.807, 2.05) is 24.3 Å². The molecule has 6 heteroatoms.